The molecule has 0 N–H and O–H groups in total. The molecule has 0 heterocycles. The Morgan fingerprint density at radius 2 is 1.92 bits per heavy atom. The molecule has 0 aliphatic heterocycles. The Bertz CT molecular complexity index is 238. The molecular formula is C11H15P. The van der Waals surface area contributed by atoms with E-state index in [1.165, 1.54) is 25.7 Å². The quantitative estimate of drug-likeness (QED) is 0.549. The van der Waals surface area contributed by atoms with Gasteiger partial charge in [0.15, 0.2) is 0 Å². The second kappa shape index (κ2) is 3.58. The predicted molar refractivity (Wildman–Crippen MR) is 56.4 cm³/mol. The zero-order valence-electron chi connectivity index (χ0n) is 7.59. The van der Waals surface area contributed by atoms with Crippen LogP contribution in [0.15, 0.2) is 34.7 Å². The molecule has 0 bridgehead atoms. The Morgan fingerprint density at radius 3 is 2.33 bits per heavy atom. The topological polar surface area (TPSA) is 0 Å². The fourth-order valence-corrected chi connectivity index (χ4v) is 3.29. The highest BCUT2D eigenvalue weighted by Crippen LogP contribution is 2.65. The largest absolute Gasteiger partial charge is 0.0835 e. The van der Waals surface area contributed by atoms with Crippen LogP contribution in [0.2, 0.25) is 0 Å². The third-order valence-corrected chi connectivity index (χ3v) is 4.58. The van der Waals surface area contributed by atoms with Crippen LogP contribution >= 0.6 is 7.92 Å². The Balaban J connectivity index is 1.88. The van der Waals surface area contributed by atoms with Crippen LogP contribution in [0.4, 0.5) is 0 Å². The van der Waals surface area contributed by atoms with E-state index < -0.39 is 0 Å². The SMILES string of the molecule is CCCC=CP(C1=CC1)C1=CC1. The highest BCUT2D eigenvalue weighted by molar-refractivity contribution is 7.70. The third-order valence-electron chi connectivity index (χ3n) is 2.10. The number of hydrogen-bond acceptors (Lipinski definition) is 0. The lowest BCUT2D eigenvalue weighted by Crippen LogP contribution is -1.64. The van der Waals surface area contributed by atoms with Gasteiger partial charge in [0.25, 0.3) is 0 Å². The van der Waals surface area contributed by atoms with Gasteiger partial charge in [0.05, 0.1) is 0 Å². The first-order chi connectivity index (χ1) is 5.92. The van der Waals surface area contributed by atoms with E-state index in [1.807, 2.05) is 0 Å². The van der Waals surface area contributed by atoms with Gasteiger partial charge in [-0.1, -0.05) is 37.4 Å². The Kier molecular flexibility index (Phi) is 2.46. The summed E-state index contributed by atoms with van der Waals surface area (Å²) in [7, 11) is 0.0736. The van der Waals surface area contributed by atoms with Gasteiger partial charge in [-0.15, -0.1) is 0 Å². The maximum atomic E-state index is 2.45. The molecule has 2 aliphatic carbocycles. The van der Waals surface area contributed by atoms with Crippen LogP contribution in [0.1, 0.15) is 32.6 Å². The highest BCUT2D eigenvalue weighted by Gasteiger charge is 2.25. The van der Waals surface area contributed by atoms with Crippen LogP contribution in [-0.4, -0.2) is 0 Å². The van der Waals surface area contributed by atoms with Crippen molar-refractivity contribution < 1.29 is 0 Å². The fraction of sp³-hybridized carbons (Fsp3) is 0.455. The molecule has 0 aromatic heterocycles. The monoisotopic (exact) mass is 178 g/mol. The van der Waals surface area contributed by atoms with Crippen molar-refractivity contribution in [2.45, 2.75) is 32.6 Å². The molecule has 2 aliphatic rings. The van der Waals surface area contributed by atoms with Crippen molar-refractivity contribution in [3.63, 3.8) is 0 Å². The smallest absolute Gasteiger partial charge is 0.00835 e. The predicted octanol–water partition coefficient (Wildman–Crippen LogP) is 4.36. The molecule has 2 rings (SSSR count). The van der Waals surface area contributed by atoms with Crippen molar-refractivity contribution in [3.05, 3.63) is 34.7 Å². The summed E-state index contributed by atoms with van der Waals surface area (Å²) in [5.74, 6) is 2.45. The molecule has 0 spiro atoms. The van der Waals surface area contributed by atoms with Gasteiger partial charge >= 0.3 is 0 Å². The van der Waals surface area contributed by atoms with Crippen molar-refractivity contribution in [2.75, 3.05) is 0 Å². The Hall–Kier alpha value is -0.350. The second-order valence-electron chi connectivity index (χ2n) is 3.34. The summed E-state index contributed by atoms with van der Waals surface area (Å²) >= 11 is 0. The molecule has 0 nitrogen and oxygen atoms in total. The molecule has 0 atom stereocenters. The Labute approximate surface area is 75.8 Å². The molecule has 12 heavy (non-hydrogen) atoms. The average Bonchev–Trinajstić information content (AvgIpc) is 2.87. The molecular weight excluding hydrogens is 163 g/mol. The average molecular weight is 178 g/mol. The molecule has 0 aromatic carbocycles. The lowest BCUT2D eigenvalue weighted by atomic mass is 10.3. The van der Waals surface area contributed by atoms with Crippen molar-refractivity contribution in [1.29, 1.82) is 0 Å². The van der Waals surface area contributed by atoms with Gasteiger partial charge in [-0.05, 0) is 37.8 Å². The summed E-state index contributed by atoms with van der Waals surface area (Å²) in [6.07, 6.45) is 12.2. The summed E-state index contributed by atoms with van der Waals surface area (Å²) in [6.45, 7) is 2.24. The summed E-state index contributed by atoms with van der Waals surface area (Å²) < 4.78 is 0. The molecule has 1 heteroatoms. The van der Waals surface area contributed by atoms with E-state index in [2.05, 4.69) is 31.0 Å². The standard InChI is InChI=1S/C11H15P/c1-2-3-4-9-12(10-5-6-10)11-7-8-11/h4-5,7,9H,2-3,6,8H2,1H3. The lowest BCUT2D eigenvalue weighted by molar-refractivity contribution is 0.960. The molecule has 0 aromatic rings. The number of unbranched alkanes of at least 4 members (excludes halogenated alkanes) is 1. The van der Waals surface area contributed by atoms with E-state index in [-0.39, 0.29) is 7.92 Å². The van der Waals surface area contributed by atoms with Gasteiger partial charge in [0.2, 0.25) is 0 Å². The summed E-state index contributed by atoms with van der Waals surface area (Å²) in [5.41, 5.74) is 0. The van der Waals surface area contributed by atoms with E-state index in [1.54, 1.807) is 10.6 Å². The normalized spacial score (nSPS) is 19.8. The minimum absolute atomic E-state index is 0.0736. The van der Waals surface area contributed by atoms with E-state index in [4.69, 9.17) is 0 Å². The molecule has 64 valence electrons. The van der Waals surface area contributed by atoms with Crippen molar-refractivity contribution in [3.8, 4) is 0 Å². The highest BCUT2D eigenvalue weighted by atomic mass is 31.1. The first-order valence-electron chi connectivity index (χ1n) is 4.76. The molecule has 0 unspecified atom stereocenters. The fourth-order valence-electron chi connectivity index (χ4n) is 1.21. The van der Waals surface area contributed by atoms with E-state index in [9.17, 15) is 0 Å². The first kappa shape index (κ1) is 8.26. The molecule has 0 amide bonds. The molecule has 0 radical (unpaired) electrons. The number of rotatable bonds is 5. The van der Waals surface area contributed by atoms with E-state index in [0.29, 0.717) is 0 Å². The van der Waals surface area contributed by atoms with Gasteiger partial charge in [0, 0.05) is 0 Å². The van der Waals surface area contributed by atoms with Crippen LogP contribution in [0.25, 0.3) is 0 Å². The van der Waals surface area contributed by atoms with Crippen LogP contribution in [0, 0.1) is 0 Å². The van der Waals surface area contributed by atoms with Gasteiger partial charge in [-0.2, -0.15) is 0 Å². The molecule has 0 saturated heterocycles. The maximum Gasteiger partial charge on any atom is -0.00835 e. The minimum atomic E-state index is 0.0736. The summed E-state index contributed by atoms with van der Waals surface area (Å²) in [6, 6.07) is 0. The van der Waals surface area contributed by atoms with Crippen LogP contribution < -0.4 is 0 Å². The van der Waals surface area contributed by atoms with Crippen molar-refractivity contribution in [1.82, 2.24) is 0 Å². The van der Waals surface area contributed by atoms with Gasteiger partial charge in [0.1, 0.15) is 0 Å². The Morgan fingerprint density at radius 1 is 1.33 bits per heavy atom. The minimum Gasteiger partial charge on any atom is -0.0835 e. The van der Waals surface area contributed by atoms with E-state index >= 15 is 0 Å². The second-order valence-corrected chi connectivity index (χ2v) is 5.53. The van der Waals surface area contributed by atoms with Crippen LogP contribution in [-0.2, 0) is 0 Å². The van der Waals surface area contributed by atoms with Gasteiger partial charge < -0.3 is 0 Å². The van der Waals surface area contributed by atoms with Crippen LogP contribution in [0.5, 0.6) is 0 Å². The first-order valence-corrected chi connectivity index (χ1v) is 6.17. The summed E-state index contributed by atoms with van der Waals surface area (Å²) in [5, 5.41) is 3.42. The summed E-state index contributed by atoms with van der Waals surface area (Å²) in [4.78, 5) is 0. The van der Waals surface area contributed by atoms with Gasteiger partial charge in [-0.25, -0.2) is 0 Å². The van der Waals surface area contributed by atoms with Crippen molar-refractivity contribution >= 4 is 7.92 Å². The van der Waals surface area contributed by atoms with E-state index in [0.717, 1.165) is 0 Å². The lowest BCUT2D eigenvalue weighted by Gasteiger charge is -2.03. The number of hydrogen-bond donors (Lipinski definition) is 0. The number of allylic oxidation sites excluding steroid dienone is 5. The zero-order chi connectivity index (χ0) is 8.39. The third kappa shape index (κ3) is 2.08. The molecule has 0 saturated carbocycles. The zero-order valence-corrected chi connectivity index (χ0v) is 8.48. The van der Waals surface area contributed by atoms with Gasteiger partial charge in [-0.3, -0.25) is 0 Å². The van der Waals surface area contributed by atoms with Crippen LogP contribution in [0.3, 0.4) is 0 Å². The molecule has 0 fully saturated rings. The maximum absolute atomic E-state index is 2.45. The van der Waals surface area contributed by atoms with Crippen molar-refractivity contribution in [2.24, 2.45) is 0 Å².